The molecule has 0 spiro atoms. The first-order valence-corrected chi connectivity index (χ1v) is 8.97. The zero-order valence-corrected chi connectivity index (χ0v) is 15.9. The third-order valence-corrected chi connectivity index (χ3v) is 4.54. The van der Waals surface area contributed by atoms with Crippen LogP contribution >= 0.6 is 11.6 Å². The summed E-state index contributed by atoms with van der Waals surface area (Å²) in [5.74, 6) is 0.856. The highest BCUT2D eigenvalue weighted by molar-refractivity contribution is 6.33. The number of aryl methyl sites for hydroxylation is 3. The Morgan fingerprint density at radius 2 is 2.07 bits per heavy atom. The maximum atomic E-state index is 12.1. The predicted octanol–water partition coefficient (Wildman–Crippen LogP) is 3.55. The molecule has 7 heteroatoms. The molecule has 27 heavy (non-hydrogen) atoms. The minimum absolute atomic E-state index is 0.174. The molecule has 0 saturated carbocycles. The first-order chi connectivity index (χ1) is 12.9. The molecule has 0 atom stereocenters. The van der Waals surface area contributed by atoms with E-state index in [1.807, 2.05) is 38.1 Å². The quantitative estimate of drug-likeness (QED) is 0.679. The van der Waals surface area contributed by atoms with Crippen molar-refractivity contribution in [3.8, 4) is 11.3 Å². The monoisotopic (exact) mass is 385 g/mol. The number of aromatic nitrogens is 2. The molecule has 3 aromatic rings. The molecule has 0 aliphatic rings. The lowest BCUT2D eigenvalue weighted by Crippen LogP contribution is -2.28. The Bertz CT molecular complexity index is 1020. The number of rotatable bonds is 6. The van der Waals surface area contributed by atoms with Gasteiger partial charge in [-0.05, 0) is 37.6 Å². The van der Waals surface area contributed by atoms with Gasteiger partial charge in [0.2, 0.25) is 5.91 Å². The van der Waals surface area contributed by atoms with E-state index in [0.29, 0.717) is 28.7 Å². The Hall–Kier alpha value is -2.86. The third kappa shape index (κ3) is 4.65. The zero-order chi connectivity index (χ0) is 19.4. The van der Waals surface area contributed by atoms with Gasteiger partial charge in [0.15, 0.2) is 11.7 Å². The van der Waals surface area contributed by atoms with Crippen LogP contribution in [-0.2, 0) is 17.8 Å². The number of hydrogen-bond acceptors (Lipinski definition) is 4. The van der Waals surface area contributed by atoms with Crippen LogP contribution in [0.2, 0.25) is 5.02 Å². The van der Waals surface area contributed by atoms with E-state index >= 15 is 0 Å². The van der Waals surface area contributed by atoms with Crippen LogP contribution in [0.5, 0.6) is 0 Å². The summed E-state index contributed by atoms with van der Waals surface area (Å²) in [4.78, 5) is 31.0. The number of pyridine rings is 1. The average Bonchev–Trinajstić information content (AvgIpc) is 3.08. The summed E-state index contributed by atoms with van der Waals surface area (Å²) in [5.41, 5.74) is 2.80. The van der Waals surface area contributed by atoms with Crippen LogP contribution in [0.1, 0.15) is 29.1 Å². The van der Waals surface area contributed by atoms with E-state index < -0.39 is 0 Å². The van der Waals surface area contributed by atoms with Gasteiger partial charge in [0, 0.05) is 36.2 Å². The molecule has 1 aromatic carbocycles. The molecule has 0 fully saturated rings. The molecule has 0 unspecified atom stereocenters. The number of benzene rings is 1. The maximum absolute atomic E-state index is 12.1. The molecule has 0 saturated heterocycles. The van der Waals surface area contributed by atoms with Crippen LogP contribution in [0.25, 0.3) is 11.3 Å². The van der Waals surface area contributed by atoms with Crippen molar-refractivity contribution in [2.75, 3.05) is 0 Å². The van der Waals surface area contributed by atoms with Crippen LogP contribution in [0.3, 0.4) is 0 Å². The van der Waals surface area contributed by atoms with Crippen LogP contribution in [0.15, 0.2) is 45.7 Å². The molecule has 0 aliphatic heterocycles. The average molecular weight is 386 g/mol. The summed E-state index contributed by atoms with van der Waals surface area (Å²) in [6, 6.07) is 9.22. The second kappa shape index (κ2) is 8.22. The molecule has 0 radical (unpaired) electrons. The number of nitrogens with one attached hydrogen (secondary N) is 2. The lowest BCUT2D eigenvalue weighted by Gasteiger charge is -2.07. The van der Waals surface area contributed by atoms with Gasteiger partial charge in [-0.25, -0.2) is 4.98 Å². The van der Waals surface area contributed by atoms with Crippen LogP contribution < -0.4 is 10.9 Å². The number of carbonyl (C=O) groups is 1. The minimum atomic E-state index is -0.176. The van der Waals surface area contributed by atoms with E-state index in [2.05, 4.69) is 15.3 Å². The number of H-pyrrole nitrogens is 1. The normalized spacial score (nSPS) is 10.8. The first-order valence-electron chi connectivity index (χ1n) is 8.59. The summed E-state index contributed by atoms with van der Waals surface area (Å²) < 4.78 is 5.68. The molecule has 1 amide bonds. The minimum Gasteiger partial charge on any atom is -0.441 e. The van der Waals surface area contributed by atoms with Crippen molar-refractivity contribution in [1.29, 1.82) is 0 Å². The van der Waals surface area contributed by atoms with Gasteiger partial charge in [0.05, 0.1) is 11.2 Å². The number of halogens is 1. The molecule has 2 N–H and O–H groups in total. The fourth-order valence-electron chi connectivity index (χ4n) is 2.81. The Morgan fingerprint density at radius 3 is 2.81 bits per heavy atom. The van der Waals surface area contributed by atoms with E-state index in [0.717, 1.165) is 16.8 Å². The van der Waals surface area contributed by atoms with Gasteiger partial charge in [0.1, 0.15) is 0 Å². The Morgan fingerprint density at radius 1 is 1.30 bits per heavy atom. The topological polar surface area (TPSA) is 88.0 Å². The van der Waals surface area contributed by atoms with E-state index in [1.165, 1.54) is 0 Å². The van der Waals surface area contributed by atoms with Crippen molar-refractivity contribution in [3.05, 3.63) is 74.6 Å². The number of hydrogen-bond donors (Lipinski definition) is 2. The Kier molecular flexibility index (Phi) is 5.76. The van der Waals surface area contributed by atoms with Crippen LogP contribution in [0, 0.1) is 13.8 Å². The summed E-state index contributed by atoms with van der Waals surface area (Å²) in [6.07, 6.45) is 2.18. The third-order valence-electron chi connectivity index (χ3n) is 4.21. The molecule has 0 bridgehead atoms. The van der Waals surface area contributed by atoms with Crippen molar-refractivity contribution in [2.24, 2.45) is 0 Å². The number of oxazole rings is 1. The fraction of sp³-hybridized carbons (Fsp3) is 0.250. The molecular weight excluding hydrogens is 366 g/mol. The number of aromatic amines is 1. The van der Waals surface area contributed by atoms with Crippen LogP contribution in [0.4, 0.5) is 0 Å². The van der Waals surface area contributed by atoms with E-state index in [-0.39, 0.29) is 24.4 Å². The van der Waals surface area contributed by atoms with Gasteiger partial charge in [-0.2, -0.15) is 0 Å². The number of amides is 1. The van der Waals surface area contributed by atoms with E-state index in [1.54, 1.807) is 12.3 Å². The SMILES string of the molecule is Cc1cc(C)c(CNC(=O)CCc2ncc(-c3ccccc3Cl)o2)c(=O)[nH]1. The van der Waals surface area contributed by atoms with Gasteiger partial charge in [0.25, 0.3) is 5.56 Å². The summed E-state index contributed by atoms with van der Waals surface area (Å²) in [5, 5.41) is 3.35. The standard InChI is InChI=1S/C20H20ClN3O3/c1-12-9-13(2)24-20(26)15(12)10-22-18(25)7-8-19-23-11-17(27-19)14-5-3-4-6-16(14)21/h3-6,9,11H,7-8,10H2,1-2H3,(H,22,25)(H,24,26). The summed E-state index contributed by atoms with van der Waals surface area (Å²) in [7, 11) is 0. The molecule has 2 heterocycles. The number of nitrogens with zero attached hydrogens (tertiary/aromatic N) is 1. The fourth-order valence-corrected chi connectivity index (χ4v) is 3.04. The zero-order valence-electron chi connectivity index (χ0n) is 15.1. The highest BCUT2D eigenvalue weighted by atomic mass is 35.5. The lowest BCUT2D eigenvalue weighted by molar-refractivity contribution is -0.121. The van der Waals surface area contributed by atoms with Crippen molar-refractivity contribution in [2.45, 2.75) is 33.2 Å². The largest absolute Gasteiger partial charge is 0.441 e. The van der Waals surface area contributed by atoms with Gasteiger partial charge < -0.3 is 14.7 Å². The molecule has 2 aromatic heterocycles. The van der Waals surface area contributed by atoms with Crippen molar-refractivity contribution < 1.29 is 9.21 Å². The molecule has 3 rings (SSSR count). The molecule has 140 valence electrons. The second-order valence-electron chi connectivity index (χ2n) is 6.32. The van der Waals surface area contributed by atoms with Gasteiger partial charge in [-0.15, -0.1) is 0 Å². The van der Waals surface area contributed by atoms with Crippen molar-refractivity contribution in [1.82, 2.24) is 15.3 Å². The Balaban J connectivity index is 1.56. The highest BCUT2D eigenvalue weighted by Gasteiger charge is 2.12. The lowest BCUT2D eigenvalue weighted by atomic mass is 10.1. The summed E-state index contributed by atoms with van der Waals surface area (Å²) >= 11 is 6.15. The van der Waals surface area contributed by atoms with Crippen molar-refractivity contribution in [3.63, 3.8) is 0 Å². The summed E-state index contributed by atoms with van der Waals surface area (Å²) in [6.45, 7) is 3.87. The van der Waals surface area contributed by atoms with Crippen LogP contribution in [-0.4, -0.2) is 15.9 Å². The van der Waals surface area contributed by atoms with E-state index in [4.69, 9.17) is 16.0 Å². The molecular formula is C20H20ClN3O3. The van der Waals surface area contributed by atoms with Crippen molar-refractivity contribution >= 4 is 17.5 Å². The maximum Gasteiger partial charge on any atom is 0.253 e. The van der Waals surface area contributed by atoms with Gasteiger partial charge in [-0.1, -0.05) is 23.7 Å². The van der Waals surface area contributed by atoms with Gasteiger partial charge >= 0.3 is 0 Å². The van der Waals surface area contributed by atoms with Gasteiger partial charge in [-0.3, -0.25) is 9.59 Å². The number of carbonyl (C=O) groups excluding carboxylic acids is 1. The van der Waals surface area contributed by atoms with E-state index in [9.17, 15) is 9.59 Å². The Labute approximate surface area is 161 Å². The second-order valence-corrected chi connectivity index (χ2v) is 6.73. The first kappa shape index (κ1) is 18.9. The predicted molar refractivity (Wildman–Crippen MR) is 104 cm³/mol. The molecule has 0 aliphatic carbocycles. The smallest absolute Gasteiger partial charge is 0.253 e. The highest BCUT2D eigenvalue weighted by Crippen LogP contribution is 2.28. The molecule has 6 nitrogen and oxygen atoms in total.